The lowest BCUT2D eigenvalue weighted by molar-refractivity contribution is 0.402. The minimum absolute atomic E-state index is 0.349. The van der Waals surface area contributed by atoms with E-state index in [1.807, 2.05) is 43.5 Å². The molecule has 0 saturated carbocycles. The van der Waals surface area contributed by atoms with Gasteiger partial charge in [0, 0.05) is 37.0 Å². The summed E-state index contributed by atoms with van der Waals surface area (Å²) < 4.78 is 34.1. The van der Waals surface area contributed by atoms with Gasteiger partial charge in [0.05, 0.1) is 17.8 Å². The lowest BCUT2D eigenvalue weighted by atomic mass is 10.2. The molecule has 0 spiro atoms. The van der Waals surface area contributed by atoms with Gasteiger partial charge in [0.15, 0.2) is 0 Å². The van der Waals surface area contributed by atoms with Crippen molar-refractivity contribution in [3.05, 3.63) is 34.7 Å². The smallest absolute Gasteiger partial charge is 0.279 e. The van der Waals surface area contributed by atoms with Gasteiger partial charge in [-0.25, -0.2) is 9.71 Å². The summed E-state index contributed by atoms with van der Waals surface area (Å²) in [6.07, 6.45) is 2.18. The average Bonchev–Trinajstić information content (AvgIpc) is 3.10. The van der Waals surface area contributed by atoms with Crippen molar-refractivity contribution in [2.24, 2.45) is 0 Å². The van der Waals surface area contributed by atoms with Crippen molar-refractivity contribution < 1.29 is 13.2 Å². The summed E-state index contributed by atoms with van der Waals surface area (Å²) in [7, 11) is -1.79. The number of methoxy groups -OCH3 is 1. The summed E-state index contributed by atoms with van der Waals surface area (Å²) in [5.74, 6) is 0.808. The van der Waals surface area contributed by atoms with Gasteiger partial charge in [-0.15, -0.1) is 11.3 Å². The Bertz CT molecular complexity index is 767. The first kappa shape index (κ1) is 20.8. The number of benzene rings is 1. The van der Waals surface area contributed by atoms with E-state index in [-0.39, 0.29) is 0 Å². The second-order valence-electron chi connectivity index (χ2n) is 5.90. The van der Waals surface area contributed by atoms with Crippen LogP contribution in [0.3, 0.4) is 0 Å². The Morgan fingerprint density at radius 3 is 2.38 bits per heavy atom. The number of rotatable bonds is 11. The molecule has 8 heteroatoms. The lowest BCUT2D eigenvalue weighted by Crippen LogP contribution is -2.42. The number of thiazole rings is 1. The monoisotopic (exact) mass is 397 g/mol. The first-order chi connectivity index (χ1) is 12.5. The Morgan fingerprint density at radius 2 is 1.81 bits per heavy atom. The molecule has 1 aromatic carbocycles. The molecular weight excluding hydrogens is 370 g/mol. The Morgan fingerprint density at radius 1 is 1.15 bits per heavy atom. The summed E-state index contributed by atoms with van der Waals surface area (Å²) in [6.45, 7) is 5.40. The first-order valence-electron chi connectivity index (χ1n) is 8.83. The Balaban J connectivity index is 1.92. The number of hydrogen-bond donors (Lipinski definition) is 1. The molecule has 0 amide bonds. The fraction of sp³-hybridized carbons (Fsp3) is 0.500. The molecule has 2 aromatic rings. The standard InChI is InChI=1S/C18H27N3O3S2/c1-4-12-21(13-5-2)26(22,23)19-11-10-18-20-17(14-25-18)15-6-8-16(24-3)9-7-15/h6-9,14,19H,4-5,10-13H2,1-3H3. The molecule has 1 heterocycles. The van der Waals surface area contributed by atoms with Crippen LogP contribution >= 0.6 is 11.3 Å². The van der Waals surface area contributed by atoms with Gasteiger partial charge in [0.2, 0.25) is 0 Å². The normalized spacial score (nSPS) is 11.8. The van der Waals surface area contributed by atoms with Gasteiger partial charge in [-0.1, -0.05) is 13.8 Å². The van der Waals surface area contributed by atoms with Crippen LogP contribution in [0.5, 0.6) is 5.75 Å². The lowest BCUT2D eigenvalue weighted by Gasteiger charge is -2.21. The van der Waals surface area contributed by atoms with Crippen LogP contribution in [-0.4, -0.2) is 44.5 Å². The third kappa shape index (κ3) is 5.77. The van der Waals surface area contributed by atoms with Gasteiger partial charge < -0.3 is 4.74 Å². The van der Waals surface area contributed by atoms with E-state index in [4.69, 9.17) is 4.74 Å². The van der Waals surface area contributed by atoms with Gasteiger partial charge in [0.1, 0.15) is 5.75 Å². The first-order valence-corrected chi connectivity index (χ1v) is 11.2. The van der Waals surface area contributed by atoms with Crippen LogP contribution in [0.1, 0.15) is 31.7 Å². The topological polar surface area (TPSA) is 71.5 Å². The van der Waals surface area contributed by atoms with Crippen molar-refractivity contribution in [1.29, 1.82) is 0 Å². The fourth-order valence-corrected chi connectivity index (χ4v) is 4.75. The zero-order valence-corrected chi connectivity index (χ0v) is 17.2. The average molecular weight is 398 g/mol. The number of hydrogen-bond acceptors (Lipinski definition) is 5. The third-order valence-corrected chi connectivity index (χ3v) is 6.37. The number of aromatic nitrogens is 1. The SMILES string of the molecule is CCCN(CCC)S(=O)(=O)NCCc1nc(-c2ccc(OC)cc2)cs1. The van der Waals surface area contributed by atoms with E-state index in [0.717, 1.165) is 34.9 Å². The Hall–Kier alpha value is -1.48. The summed E-state index contributed by atoms with van der Waals surface area (Å²) in [5, 5.41) is 2.91. The van der Waals surface area contributed by atoms with E-state index < -0.39 is 10.2 Å². The quantitative estimate of drug-likeness (QED) is 0.631. The van der Waals surface area contributed by atoms with Crippen LogP contribution in [0, 0.1) is 0 Å². The van der Waals surface area contributed by atoms with Crippen molar-refractivity contribution in [1.82, 2.24) is 14.0 Å². The highest BCUT2D eigenvalue weighted by Crippen LogP contribution is 2.24. The Kier molecular flexibility index (Phi) is 8.02. The zero-order chi connectivity index (χ0) is 19.0. The van der Waals surface area contributed by atoms with Gasteiger partial charge in [-0.2, -0.15) is 12.7 Å². The molecule has 6 nitrogen and oxygen atoms in total. The second kappa shape index (κ2) is 10.0. The van der Waals surface area contributed by atoms with E-state index in [1.165, 1.54) is 4.31 Å². The fourth-order valence-electron chi connectivity index (χ4n) is 2.55. The maximum absolute atomic E-state index is 12.4. The van der Waals surface area contributed by atoms with Crippen molar-refractivity contribution in [3.8, 4) is 17.0 Å². The number of ether oxygens (including phenoxy) is 1. The molecule has 0 saturated heterocycles. The van der Waals surface area contributed by atoms with Crippen LogP contribution in [0.15, 0.2) is 29.6 Å². The molecule has 1 aromatic heterocycles. The highest BCUT2D eigenvalue weighted by molar-refractivity contribution is 7.87. The predicted molar refractivity (Wildman–Crippen MR) is 107 cm³/mol. The number of nitrogens with zero attached hydrogens (tertiary/aromatic N) is 2. The predicted octanol–water partition coefficient (Wildman–Crippen LogP) is 3.32. The van der Waals surface area contributed by atoms with E-state index >= 15 is 0 Å². The summed E-state index contributed by atoms with van der Waals surface area (Å²) >= 11 is 1.54. The molecule has 0 aliphatic heterocycles. The van der Waals surface area contributed by atoms with Crippen molar-refractivity contribution in [3.63, 3.8) is 0 Å². The molecule has 26 heavy (non-hydrogen) atoms. The van der Waals surface area contributed by atoms with Crippen molar-refractivity contribution in [2.75, 3.05) is 26.7 Å². The van der Waals surface area contributed by atoms with Crippen LogP contribution < -0.4 is 9.46 Å². The molecule has 2 rings (SSSR count). The summed E-state index contributed by atoms with van der Waals surface area (Å²) in [4.78, 5) is 4.60. The van der Waals surface area contributed by atoms with E-state index in [9.17, 15) is 8.42 Å². The molecular formula is C18H27N3O3S2. The van der Waals surface area contributed by atoms with Crippen molar-refractivity contribution >= 4 is 21.5 Å². The van der Waals surface area contributed by atoms with E-state index in [2.05, 4.69) is 9.71 Å². The molecule has 0 aliphatic carbocycles. The Labute approximate surface area is 160 Å². The number of nitrogens with one attached hydrogen (secondary N) is 1. The molecule has 1 N–H and O–H groups in total. The van der Waals surface area contributed by atoms with Crippen LogP contribution in [-0.2, 0) is 16.6 Å². The minimum Gasteiger partial charge on any atom is -0.497 e. The van der Waals surface area contributed by atoms with Crippen LogP contribution in [0.4, 0.5) is 0 Å². The van der Waals surface area contributed by atoms with Crippen LogP contribution in [0.2, 0.25) is 0 Å². The van der Waals surface area contributed by atoms with Gasteiger partial charge in [0.25, 0.3) is 10.2 Å². The summed E-state index contributed by atoms with van der Waals surface area (Å²) in [6, 6.07) is 7.73. The minimum atomic E-state index is -3.42. The van der Waals surface area contributed by atoms with Gasteiger partial charge >= 0.3 is 0 Å². The molecule has 0 fully saturated rings. The highest BCUT2D eigenvalue weighted by Gasteiger charge is 2.19. The van der Waals surface area contributed by atoms with Gasteiger partial charge in [-0.05, 0) is 37.1 Å². The van der Waals surface area contributed by atoms with E-state index in [1.54, 1.807) is 18.4 Å². The van der Waals surface area contributed by atoms with E-state index in [0.29, 0.717) is 26.1 Å². The van der Waals surface area contributed by atoms with Gasteiger partial charge in [-0.3, -0.25) is 0 Å². The zero-order valence-electron chi connectivity index (χ0n) is 15.6. The third-order valence-electron chi connectivity index (χ3n) is 3.85. The van der Waals surface area contributed by atoms with Crippen molar-refractivity contribution in [2.45, 2.75) is 33.1 Å². The second-order valence-corrected chi connectivity index (χ2v) is 8.60. The molecule has 0 unspecified atom stereocenters. The molecule has 0 atom stereocenters. The molecule has 144 valence electrons. The molecule has 0 bridgehead atoms. The maximum Gasteiger partial charge on any atom is 0.279 e. The molecule has 0 aliphatic rings. The molecule has 0 radical (unpaired) electrons. The maximum atomic E-state index is 12.4. The largest absolute Gasteiger partial charge is 0.497 e. The summed E-state index contributed by atoms with van der Waals surface area (Å²) in [5.41, 5.74) is 1.92. The highest BCUT2D eigenvalue weighted by atomic mass is 32.2. The van der Waals surface area contributed by atoms with Crippen LogP contribution in [0.25, 0.3) is 11.3 Å².